The van der Waals surface area contributed by atoms with Crippen molar-refractivity contribution < 1.29 is 4.79 Å². The number of rotatable bonds is 4. The summed E-state index contributed by atoms with van der Waals surface area (Å²) in [4.78, 5) is 16.3. The average Bonchev–Trinajstić information content (AvgIpc) is 2.38. The summed E-state index contributed by atoms with van der Waals surface area (Å²) in [5.41, 5.74) is 1.67. The summed E-state index contributed by atoms with van der Waals surface area (Å²) >= 11 is 0. The summed E-state index contributed by atoms with van der Waals surface area (Å²) in [6.45, 7) is 4.22. The lowest BCUT2D eigenvalue weighted by Crippen LogP contribution is -2.05. The molecular weight excluding hydrogens is 210 g/mol. The van der Waals surface area contributed by atoms with Gasteiger partial charge < -0.3 is 0 Å². The largest absolute Gasteiger partial charge is 0.294 e. The van der Waals surface area contributed by atoms with Crippen molar-refractivity contribution in [3.63, 3.8) is 0 Å². The second-order valence-corrected chi connectivity index (χ2v) is 4.55. The Bertz CT molecular complexity index is 533. The van der Waals surface area contributed by atoms with Crippen molar-refractivity contribution in [2.24, 2.45) is 5.92 Å². The van der Waals surface area contributed by atoms with E-state index >= 15 is 0 Å². The van der Waals surface area contributed by atoms with Crippen molar-refractivity contribution in [3.05, 3.63) is 42.1 Å². The van der Waals surface area contributed by atoms with E-state index in [0.29, 0.717) is 12.3 Å². The lowest BCUT2D eigenvalue weighted by Gasteiger charge is -2.07. The van der Waals surface area contributed by atoms with Crippen molar-refractivity contribution in [3.8, 4) is 0 Å². The van der Waals surface area contributed by atoms with Crippen molar-refractivity contribution in [2.75, 3.05) is 0 Å². The number of nitrogens with zero attached hydrogens (tertiary/aromatic N) is 1. The molecule has 0 aliphatic heterocycles. The molecular formula is C15H17NO. The minimum Gasteiger partial charge on any atom is -0.294 e. The maximum Gasteiger partial charge on any atom is 0.163 e. The predicted molar refractivity (Wildman–Crippen MR) is 70.1 cm³/mol. The van der Waals surface area contributed by atoms with Crippen LogP contribution >= 0.6 is 0 Å². The second-order valence-electron chi connectivity index (χ2n) is 4.55. The van der Waals surface area contributed by atoms with Crippen molar-refractivity contribution in [1.29, 1.82) is 0 Å². The number of hydrogen-bond donors (Lipinski definition) is 0. The molecule has 88 valence electrons. The Kier molecular flexibility index (Phi) is 3.52. The standard InChI is InChI=1S/C15H17NO/c1-3-11(2)9-15(17)13-7-6-12-5-4-8-16-14(12)10-13/h4-8,10-11H,3,9H2,1-2H3. The highest BCUT2D eigenvalue weighted by Gasteiger charge is 2.10. The van der Waals surface area contributed by atoms with Gasteiger partial charge in [-0.1, -0.05) is 38.5 Å². The van der Waals surface area contributed by atoms with Gasteiger partial charge in [0.1, 0.15) is 0 Å². The molecule has 2 heteroatoms. The molecule has 1 aromatic heterocycles. The lowest BCUT2D eigenvalue weighted by molar-refractivity contribution is 0.0964. The molecule has 0 fully saturated rings. The number of carbonyl (C=O) groups is 1. The van der Waals surface area contributed by atoms with E-state index in [1.165, 1.54) is 0 Å². The minimum atomic E-state index is 0.215. The molecule has 0 aliphatic carbocycles. The fourth-order valence-electron chi connectivity index (χ4n) is 1.82. The highest BCUT2D eigenvalue weighted by molar-refractivity contribution is 5.99. The quantitative estimate of drug-likeness (QED) is 0.742. The molecule has 1 unspecified atom stereocenters. The van der Waals surface area contributed by atoms with Gasteiger partial charge in [0.25, 0.3) is 0 Å². The molecule has 0 aliphatic rings. The van der Waals surface area contributed by atoms with E-state index < -0.39 is 0 Å². The molecule has 1 heterocycles. The Balaban J connectivity index is 2.27. The Morgan fingerprint density at radius 3 is 2.94 bits per heavy atom. The van der Waals surface area contributed by atoms with Gasteiger partial charge in [-0.25, -0.2) is 0 Å². The summed E-state index contributed by atoms with van der Waals surface area (Å²) in [6.07, 6.45) is 3.41. The van der Waals surface area contributed by atoms with E-state index in [9.17, 15) is 4.79 Å². The molecule has 0 amide bonds. The molecule has 0 saturated carbocycles. The molecule has 1 aromatic carbocycles. The van der Waals surface area contributed by atoms with Gasteiger partial charge in [0, 0.05) is 23.6 Å². The van der Waals surface area contributed by atoms with Crippen LogP contribution in [0.3, 0.4) is 0 Å². The molecule has 0 bridgehead atoms. The third-order valence-electron chi connectivity index (χ3n) is 3.16. The first-order valence-electron chi connectivity index (χ1n) is 6.08. The summed E-state index contributed by atoms with van der Waals surface area (Å²) in [5.74, 6) is 0.661. The van der Waals surface area contributed by atoms with Crippen LogP contribution in [-0.4, -0.2) is 10.8 Å². The number of ketones is 1. The van der Waals surface area contributed by atoms with Gasteiger partial charge in [-0.2, -0.15) is 0 Å². The Morgan fingerprint density at radius 1 is 1.35 bits per heavy atom. The van der Waals surface area contributed by atoms with Gasteiger partial charge in [0.2, 0.25) is 0 Å². The first-order valence-corrected chi connectivity index (χ1v) is 6.08. The Labute approximate surface area is 102 Å². The van der Waals surface area contributed by atoms with Gasteiger partial charge in [0.05, 0.1) is 5.52 Å². The van der Waals surface area contributed by atoms with E-state index in [1.54, 1.807) is 6.20 Å². The fourth-order valence-corrected chi connectivity index (χ4v) is 1.82. The highest BCUT2D eigenvalue weighted by atomic mass is 16.1. The zero-order valence-corrected chi connectivity index (χ0v) is 10.3. The summed E-state index contributed by atoms with van der Waals surface area (Å²) in [7, 11) is 0. The molecule has 0 spiro atoms. The third-order valence-corrected chi connectivity index (χ3v) is 3.16. The molecule has 0 saturated heterocycles. The number of benzene rings is 1. The van der Waals surface area contributed by atoms with Gasteiger partial charge in [-0.3, -0.25) is 9.78 Å². The predicted octanol–water partition coefficient (Wildman–Crippen LogP) is 3.85. The average molecular weight is 227 g/mol. The van der Waals surface area contributed by atoms with Crippen LogP contribution in [-0.2, 0) is 0 Å². The van der Waals surface area contributed by atoms with Crippen LogP contribution in [0.25, 0.3) is 10.9 Å². The van der Waals surface area contributed by atoms with E-state index in [1.807, 2.05) is 30.3 Å². The molecule has 2 aromatic rings. The van der Waals surface area contributed by atoms with Gasteiger partial charge >= 0.3 is 0 Å². The number of aromatic nitrogens is 1. The van der Waals surface area contributed by atoms with Crippen LogP contribution in [0.5, 0.6) is 0 Å². The maximum absolute atomic E-state index is 12.0. The van der Waals surface area contributed by atoms with E-state index in [4.69, 9.17) is 0 Å². The van der Waals surface area contributed by atoms with Crippen LogP contribution in [0.1, 0.15) is 37.0 Å². The Morgan fingerprint density at radius 2 is 2.18 bits per heavy atom. The smallest absolute Gasteiger partial charge is 0.163 e. The number of pyridine rings is 1. The lowest BCUT2D eigenvalue weighted by atomic mass is 9.97. The normalized spacial score (nSPS) is 12.6. The summed E-state index contributed by atoms with van der Waals surface area (Å²) in [5, 5.41) is 1.08. The minimum absolute atomic E-state index is 0.215. The SMILES string of the molecule is CCC(C)CC(=O)c1ccc2cccnc2c1. The fraction of sp³-hybridized carbons (Fsp3) is 0.333. The van der Waals surface area contributed by atoms with Crippen LogP contribution in [0, 0.1) is 5.92 Å². The topological polar surface area (TPSA) is 30.0 Å². The van der Waals surface area contributed by atoms with Crippen molar-refractivity contribution in [2.45, 2.75) is 26.7 Å². The van der Waals surface area contributed by atoms with Crippen molar-refractivity contribution >= 4 is 16.7 Å². The molecule has 0 radical (unpaired) electrons. The zero-order valence-electron chi connectivity index (χ0n) is 10.3. The first kappa shape index (κ1) is 11.8. The van der Waals surface area contributed by atoms with Crippen LogP contribution in [0.4, 0.5) is 0 Å². The Hall–Kier alpha value is -1.70. The van der Waals surface area contributed by atoms with E-state index in [-0.39, 0.29) is 5.78 Å². The first-order chi connectivity index (χ1) is 8.20. The molecule has 2 rings (SSSR count). The maximum atomic E-state index is 12.0. The number of hydrogen-bond acceptors (Lipinski definition) is 2. The second kappa shape index (κ2) is 5.09. The van der Waals surface area contributed by atoms with Crippen molar-refractivity contribution in [1.82, 2.24) is 4.98 Å². The highest BCUT2D eigenvalue weighted by Crippen LogP contribution is 2.17. The monoisotopic (exact) mass is 227 g/mol. The van der Waals surface area contributed by atoms with Crippen LogP contribution in [0.2, 0.25) is 0 Å². The molecule has 1 atom stereocenters. The molecule has 2 nitrogen and oxygen atoms in total. The molecule has 17 heavy (non-hydrogen) atoms. The van der Waals surface area contributed by atoms with Gasteiger partial charge in [-0.15, -0.1) is 0 Å². The number of carbonyl (C=O) groups excluding carboxylic acids is 1. The number of Topliss-reactive ketones (excluding diaryl/α,β-unsaturated/α-hetero) is 1. The van der Waals surface area contributed by atoms with Gasteiger partial charge in [-0.05, 0) is 18.1 Å². The number of fused-ring (bicyclic) bond motifs is 1. The summed E-state index contributed by atoms with van der Waals surface area (Å²) in [6, 6.07) is 9.66. The van der Waals surface area contributed by atoms with Gasteiger partial charge in [0.15, 0.2) is 5.78 Å². The van der Waals surface area contributed by atoms with Crippen LogP contribution in [0.15, 0.2) is 36.5 Å². The zero-order chi connectivity index (χ0) is 12.3. The van der Waals surface area contributed by atoms with E-state index in [2.05, 4.69) is 18.8 Å². The molecule has 0 N–H and O–H groups in total. The van der Waals surface area contributed by atoms with E-state index in [0.717, 1.165) is 22.9 Å². The summed E-state index contributed by atoms with van der Waals surface area (Å²) < 4.78 is 0. The van der Waals surface area contributed by atoms with Crippen LogP contribution < -0.4 is 0 Å². The third kappa shape index (κ3) is 2.70.